The Balaban J connectivity index is 0. The SMILES string of the molecule is CC.CNCCCC#N. The van der Waals surface area contributed by atoms with Crippen LogP contribution in [0.4, 0.5) is 0 Å². The van der Waals surface area contributed by atoms with Crippen LogP contribution in [0.3, 0.4) is 0 Å². The minimum absolute atomic E-state index is 0.668. The Morgan fingerprint density at radius 1 is 1.44 bits per heavy atom. The van der Waals surface area contributed by atoms with E-state index in [4.69, 9.17) is 5.26 Å². The summed E-state index contributed by atoms with van der Waals surface area (Å²) in [4.78, 5) is 0. The average molecular weight is 128 g/mol. The third-order valence-corrected chi connectivity index (χ3v) is 0.715. The van der Waals surface area contributed by atoms with Crippen molar-refractivity contribution in [3.05, 3.63) is 0 Å². The monoisotopic (exact) mass is 128 g/mol. The highest BCUT2D eigenvalue weighted by Gasteiger charge is 1.78. The van der Waals surface area contributed by atoms with E-state index in [1.54, 1.807) is 0 Å². The largest absolute Gasteiger partial charge is 0.320 e. The molecule has 0 spiro atoms. The van der Waals surface area contributed by atoms with Crippen molar-refractivity contribution < 1.29 is 0 Å². The standard InChI is InChI=1S/C5H10N2.C2H6/c1-7-5-3-2-4-6;1-2/h7H,2-3,5H2,1H3;1-2H3. The molecular formula is C7H16N2. The Morgan fingerprint density at radius 3 is 2.33 bits per heavy atom. The fraction of sp³-hybridized carbons (Fsp3) is 0.857. The molecule has 0 amide bonds. The number of hydrogen-bond acceptors (Lipinski definition) is 2. The summed E-state index contributed by atoms with van der Waals surface area (Å²) in [6.07, 6.45) is 1.63. The maximum atomic E-state index is 8.02. The van der Waals surface area contributed by atoms with Gasteiger partial charge >= 0.3 is 0 Å². The first kappa shape index (κ1) is 11.3. The summed E-state index contributed by atoms with van der Waals surface area (Å²) in [7, 11) is 1.89. The maximum absolute atomic E-state index is 8.02. The highest BCUT2D eigenvalue weighted by atomic mass is 14.8. The summed E-state index contributed by atoms with van der Waals surface area (Å²) in [6.45, 7) is 4.95. The number of rotatable bonds is 3. The second-order valence-corrected chi connectivity index (χ2v) is 1.37. The Morgan fingerprint density at radius 2 is 2.00 bits per heavy atom. The van der Waals surface area contributed by atoms with Gasteiger partial charge in [0.05, 0.1) is 6.07 Å². The van der Waals surface area contributed by atoms with Gasteiger partial charge in [0.25, 0.3) is 0 Å². The lowest BCUT2D eigenvalue weighted by Gasteiger charge is -1.88. The molecule has 0 aromatic rings. The lowest BCUT2D eigenvalue weighted by molar-refractivity contribution is 0.739. The number of hydrogen-bond donors (Lipinski definition) is 1. The molecule has 2 nitrogen and oxygen atoms in total. The third-order valence-electron chi connectivity index (χ3n) is 0.715. The molecule has 1 N–H and O–H groups in total. The van der Waals surface area contributed by atoms with Crippen LogP contribution in [0.1, 0.15) is 26.7 Å². The highest BCUT2D eigenvalue weighted by Crippen LogP contribution is 1.79. The summed E-state index contributed by atoms with van der Waals surface area (Å²) in [5.41, 5.74) is 0. The zero-order valence-electron chi connectivity index (χ0n) is 6.57. The van der Waals surface area contributed by atoms with Gasteiger partial charge in [-0.1, -0.05) is 13.8 Å². The molecule has 9 heavy (non-hydrogen) atoms. The van der Waals surface area contributed by atoms with Crippen molar-refractivity contribution in [1.82, 2.24) is 5.32 Å². The van der Waals surface area contributed by atoms with Crippen LogP contribution in [0, 0.1) is 11.3 Å². The predicted molar refractivity (Wildman–Crippen MR) is 40.1 cm³/mol. The van der Waals surface area contributed by atoms with Gasteiger partial charge in [0.1, 0.15) is 0 Å². The summed E-state index contributed by atoms with van der Waals surface area (Å²) in [5.74, 6) is 0. The molecule has 54 valence electrons. The van der Waals surface area contributed by atoms with Crippen molar-refractivity contribution in [3.8, 4) is 6.07 Å². The van der Waals surface area contributed by atoms with E-state index in [0.717, 1.165) is 13.0 Å². The van der Waals surface area contributed by atoms with Gasteiger partial charge in [-0.2, -0.15) is 5.26 Å². The molecule has 0 aliphatic rings. The summed E-state index contributed by atoms with van der Waals surface area (Å²) in [6, 6.07) is 2.06. The predicted octanol–water partition coefficient (Wildman–Crippen LogP) is 1.54. The fourth-order valence-corrected chi connectivity index (χ4v) is 0.344. The van der Waals surface area contributed by atoms with Crippen molar-refractivity contribution in [2.45, 2.75) is 26.7 Å². The zero-order valence-corrected chi connectivity index (χ0v) is 6.57. The van der Waals surface area contributed by atoms with Crippen LogP contribution < -0.4 is 5.32 Å². The van der Waals surface area contributed by atoms with Crippen molar-refractivity contribution in [2.75, 3.05) is 13.6 Å². The second kappa shape index (κ2) is 15.7. The topological polar surface area (TPSA) is 35.8 Å². The summed E-state index contributed by atoms with van der Waals surface area (Å²) >= 11 is 0. The van der Waals surface area contributed by atoms with Crippen LogP contribution in [0.15, 0.2) is 0 Å². The van der Waals surface area contributed by atoms with E-state index in [-0.39, 0.29) is 0 Å². The zero-order chi connectivity index (χ0) is 7.54. The van der Waals surface area contributed by atoms with Crippen LogP contribution in [-0.2, 0) is 0 Å². The van der Waals surface area contributed by atoms with Crippen LogP contribution in [-0.4, -0.2) is 13.6 Å². The van der Waals surface area contributed by atoms with Gasteiger partial charge < -0.3 is 5.32 Å². The molecule has 0 heterocycles. The molecule has 0 bridgehead atoms. The van der Waals surface area contributed by atoms with Crippen LogP contribution in [0.2, 0.25) is 0 Å². The molecular weight excluding hydrogens is 112 g/mol. The quantitative estimate of drug-likeness (QED) is 0.585. The summed E-state index contributed by atoms with van der Waals surface area (Å²) in [5, 5.41) is 11.0. The Labute approximate surface area is 57.9 Å². The van der Waals surface area contributed by atoms with Crippen molar-refractivity contribution >= 4 is 0 Å². The van der Waals surface area contributed by atoms with Crippen LogP contribution in [0.25, 0.3) is 0 Å². The molecule has 0 radical (unpaired) electrons. The van der Waals surface area contributed by atoms with Gasteiger partial charge in [-0.05, 0) is 20.0 Å². The average Bonchev–Trinajstić information content (AvgIpc) is 1.94. The molecule has 0 fully saturated rings. The van der Waals surface area contributed by atoms with Crippen molar-refractivity contribution in [1.29, 1.82) is 5.26 Å². The van der Waals surface area contributed by atoms with E-state index >= 15 is 0 Å². The third kappa shape index (κ3) is 18.6. The Hall–Kier alpha value is -0.550. The minimum Gasteiger partial charge on any atom is -0.320 e. The molecule has 0 atom stereocenters. The highest BCUT2D eigenvalue weighted by molar-refractivity contribution is 4.68. The van der Waals surface area contributed by atoms with E-state index in [2.05, 4.69) is 11.4 Å². The Kier molecular flexibility index (Phi) is 19.6. The summed E-state index contributed by atoms with van der Waals surface area (Å²) < 4.78 is 0. The van der Waals surface area contributed by atoms with Crippen molar-refractivity contribution in [2.24, 2.45) is 0 Å². The van der Waals surface area contributed by atoms with E-state index in [0.29, 0.717) is 6.42 Å². The lowest BCUT2D eigenvalue weighted by Crippen LogP contribution is -2.06. The number of nitrogens with one attached hydrogen (secondary N) is 1. The smallest absolute Gasteiger partial charge is 0.0622 e. The number of nitriles is 1. The van der Waals surface area contributed by atoms with Gasteiger partial charge in [-0.3, -0.25) is 0 Å². The fourth-order valence-electron chi connectivity index (χ4n) is 0.344. The van der Waals surface area contributed by atoms with E-state index in [1.165, 1.54) is 0 Å². The molecule has 0 aromatic heterocycles. The molecule has 0 rings (SSSR count). The van der Waals surface area contributed by atoms with E-state index in [9.17, 15) is 0 Å². The van der Waals surface area contributed by atoms with E-state index < -0.39 is 0 Å². The van der Waals surface area contributed by atoms with Gasteiger partial charge in [-0.25, -0.2) is 0 Å². The van der Waals surface area contributed by atoms with Crippen LogP contribution in [0.5, 0.6) is 0 Å². The maximum Gasteiger partial charge on any atom is 0.0622 e. The first-order valence-electron chi connectivity index (χ1n) is 3.43. The minimum atomic E-state index is 0.668. The molecule has 0 saturated heterocycles. The molecule has 0 unspecified atom stereocenters. The molecule has 0 aliphatic carbocycles. The molecule has 2 heteroatoms. The Bertz CT molecular complexity index is 63.8. The normalized spacial score (nSPS) is 6.89. The van der Waals surface area contributed by atoms with Crippen molar-refractivity contribution in [3.63, 3.8) is 0 Å². The van der Waals surface area contributed by atoms with Crippen LogP contribution >= 0.6 is 0 Å². The number of unbranched alkanes of at least 4 members (excludes halogenated alkanes) is 1. The first-order valence-corrected chi connectivity index (χ1v) is 3.43. The second-order valence-electron chi connectivity index (χ2n) is 1.37. The van der Waals surface area contributed by atoms with E-state index in [1.807, 2.05) is 20.9 Å². The van der Waals surface area contributed by atoms with Gasteiger partial charge in [0.2, 0.25) is 0 Å². The molecule has 0 saturated carbocycles. The lowest BCUT2D eigenvalue weighted by atomic mass is 10.3. The molecule has 0 aromatic carbocycles. The number of nitrogens with zero attached hydrogens (tertiary/aromatic N) is 1. The first-order chi connectivity index (χ1) is 4.41. The van der Waals surface area contributed by atoms with Gasteiger partial charge in [0.15, 0.2) is 0 Å². The molecule has 0 aliphatic heterocycles. The van der Waals surface area contributed by atoms with Gasteiger partial charge in [-0.15, -0.1) is 0 Å². The van der Waals surface area contributed by atoms with Gasteiger partial charge in [0, 0.05) is 6.42 Å².